The Bertz CT molecular complexity index is 643. The third-order valence-electron chi connectivity index (χ3n) is 4.27. The molecule has 0 saturated heterocycles. The SMILES string of the molecule is CN(CCCC(=O)c1ccc(F)cc1)CCN(C)Cc1ccccc1. The zero-order chi connectivity index (χ0) is 18.1. The Morgan fingerprint density at radius 2 is 1.52 bits per heavy atom. The molecule has 3 nitrogen and oxygen atoms in total. The molecule has 0 atom stereocenters. The minimum absolute atomic E-state index is 0.0783. The lowest BCUT2D eigenvalue weighted by Crippen LogP contribution is -2.31. The molecule has 2 aromatic carbocycles. The summed E-state index contributed by atoms with van der Waals surface area (Å²) in [5.41, 5.74) is 1.91. The van der Waals surface area contributed by atoms with E-state index in [4.69, 9.17) is 0 Å². The van der Waals surface area contributed by atoms with Crippen LogP contribution in [0.4, 0.5) is 4.39 Å². The first-order valence-corrected chi connectivity index (χ1v) is 8.74. The lowest BCUT2D eigenvalue weighted by Gasteiger charge is -2.22. The molecule has 0 N–H and O–H groups in total. The van der Waals surface area contributed by atoms with Crippen LogP contribution in [0.15, 0.2) is 54.6 Å². The van der Waals surface area contributed by atoms with E-state index in [1.54, 1.807) is 12.1 Å². The Labute approximate surface area is 150 Å². The fourth-order valence-electron chi connectivity index (χ4n) is 2.72. The number of hydrogen-bond donors (Lipinski definition) is 0. The van der Waals surface area contributed by atoms with Crippen LogP contribution >= 0.6 is 0 Å². The fraction of sp³-hybridized carbons (Fsp3) is 0.381. The normalized spacial score (nSPS) is 11.2. The lowest BCUT2D eigenvalue weighted by molar-refractivity contribution is 0.0975. The van der Waals surface area contributed by atoms with Crippen LogP contribution in [0.1, 0.15) is 28.8 Å². The van der Waals surface area contributed by atoms with Crippen LogP contribution in [0.25, 0.3) is 0 Å². The third kappa shape index (κ3) is 7.16. The van der Waals surface area contributed by atoms with Gasteiger partial charge >= 0.3 is 0 Å². The highest BCUT2D eigenvalue weighted by Gasteiger charge is 2.07. The van der Waals surface area contributed by atoms with Crippen molar-refractivity contribution in [1.82, 2.24) is 9.80 Å². The summed E-state index contributed by atoms with van der Waals surface area (Å²) in [5, 5.41) is 0. The molecule has 134 valence electrons. The maximum absolute atomic E-state index is 12.9. The van der Waals surface area contributed by atoms with Crippen LogP contribution in [0.5, 0.6) is 0 Å². The number of rotatable bonds is 10. The highest BCUT2D eigenvalue weighted by molar-refractivity contribution is 5.95. The Hall–Kier alpha value is -2.04. The molecule has 0 aliphatic rings. The summed E-state index contributed by atoms with van der Waals surface area (Å²) < 4.78 is 12.9. The second-order valence-electron chi connectivity index (χ2n) is 6.56. The van der Waals surface area contributed by atoms with Crippen molar-refractivity contribution in [3.05, 3.63) is 71.5 Å². The van der Waals surface area contributed by atoms with Gasteiger partial charge in [-0.2, -0.15) is 0 Å². The Morgan fingerprint density at radius 3 is 2.20 bits per heavy atom. The number of halogens is 1. The van der Waals surface area contributed by atoms with E-state index in [2.05, 4.69) is 48.2 Å². The van der Waals surface area contributed by atoms with Gasteiger partial charge in [-0.25, -0.2) is 4.39 Å². The molecule has 0 heterocycles. The molecule has 0 spiro atoms. The predicted molar refractivity (Wildman–Crippen MR) is 100 cm³/mol. The van der Waals surface area contributed by atoms with Gasteiger partial charge in [-0.1, -0.05) is 30.3 Å². The summed E-state index contributed by atoms with van der Waals surface area (Å²) in [6.45, 7) is 3.77. The monoisotopic (exact) mass is 342 g/mol. The second-order valence-corrected chi connectivity index (χ2v) is 6.56. The summed E-state index contributed by atoms with van der Waals surface area (Å²) in [5.74, 6) is -0.231. The summed E-state index contributed by atoms with van der Waals surface area (Å²) in [4.78, 5) is 16.6. The molecule has 0 unspecified atom stereocenters. The van der Waals surface area contributed by atoms with Gasteiger partial charge in [0.1, 0.15) is 5.82 Å². The number of hydrogen-bond acceptors (Lipinski definition) is 3. The maximum Gasteiger partial charge on any atom is 0.162 e. The quantitative estimate of drug-likeness (QED) is 0.613. The van der Waals surface area contributed by atoms with Crippen LogP contribution in [0, 0.1) is 5.82 Å². The number of ketones is 1. The molecule has 0 aliphatic heterocycles. The molecule has 0 radical (unpaired) electrons. The average molecular weight is 342 g/mol. The number of nitrogens with zero attached hydrogens (tertiary/aromatic N) is 2. The standard InChI is InChI=1S/C21H27FN2O/c1-23(15-16-24(2)17-18-7-4-3-5-8-18)14-6-9-21(25)19-10-12-20(22)13-11-19/h3-5,7-8,10-13H,6,9,14-17H2,1-2H3. The van der Waals surface area contributed by atoms with E-state index in [-0.39, 0.29) is 11.6 Å². The highest BCUT2D eigenvalue weighted by Crippen LogP contribution is 2.08. The smallest absolute Gasteiger partial charge is 0.162 e. The van der Waals surface area contributed by atoms with Gasteiger partial charge < -0.3 is 9.80 Å². The van der Waals surface area contributed by atoms with E-state index >= 15 is 0 Å². The topological polar surface area (TPSA) is 23.6 Å². The van der Waals surface area contributed by atoms with E-state index in [0.717, 1.165) is 32.6 Å². The molecule has 4 heteroatoms. The summed E-state index contributed by atoms with van der Waals surface area (Å²) >= 11 is 0. The minimum atomic E-state index is -0.309. The zero-order valence-electron chi connectivity index (χ0n) is 15.1. The number of carbonyl (C=O) groups is 1. The van der Waals surface area contributed by atoms with Crippen molar-refractivity contribution in [3.63, 3.8) is 0 Å². The first kappa shape index (κ1) is 19.3. The molecule has 0 aliphatic carbocycles. The number of benzene rings is 2. The Balaban J connectivity index is 1.62. The van der Waals surface area contributed by atoms with Gasteiger partial charge in [0.25, 0.3) is 0 Å². The summed E-state index contributed by atoms with van der Waals surface area (Å²) in [7, 11) is 4.21. The van der Waals surface area contributed by atoms with Crippen LogP contribution < -0.4 is 0 Å². The molecule has 0 amide bonds. The fourth-order valence-corrected chi connectivity index (χ4v) is 2.72. The zero-order valence-corrected chi connectivity index (χ0v) is 15.1. The number of carbonyl (C=O) groups excluding carboxylic acids is 1. The van der Waals surface area contributed by atoms with Gasteiger partial charge in [0, 0.05) is 31.6 Å². The van der Waals surface area contributed by atoms with E-state index in [1.807, 2.05) is 6.07 Å². The van der Waals surface area contributed by atoms with Gasteiger partial charge in [-0.3, -0.25) is 4.79 Å². The third-order valence-corrected chi connectivity index (χ3v) is 4.27. The molecular formula is C21H27FN2O. The molecule has 0 aromatic heterocycles. The van der Waals surface area contributed by atoms with Crippen molar-refractivity contribution in [2.45, 2.75) is 19.4 Å². The van der Waals surface area contributed by atoms with Crippen molar-refractivity contribution in [2.24, 2.45) is 0 Å². The molecule has 25 heavy (non-hydrogen) atoms. The highest BCUT2D eigenvalue weighted by atomic mass is 19.1. The van der Waals surface area contributed by atoms with E-state index in [0.29, 0.717) is 12.0 Å². The van der Waals surface area contributed by atoms with Gasteiger partial charge in [0.05, 0.1) is 0 Å². The van der Waals surface area contributed by atoms with Crippen molar-refractivity contribution in [2.75, 3.05) is 33.7 Å². The molecule has 0 bridgehead atoms. The first-order valence-electron chi connectivity index (χ1n) is 8.74. The Kier molecular flexibility index (Phi) is 7.76. The minimum Gasteiger partial charge on any atom is -0.305 e. The lowest BCUT2D eigenvalue weighted by atomic mass is 10.1. The number of likely N-dealkylation sites (N-methyl/N-ethyl adjacent to an activating group) is 2. The first-order chi connectivity index (χ1) is 12.0. The van der Waals surface area contributed by atoms with Crippen LogP contribution in [0.3, 0.4) is 0 Å². The average Bonchev–Trinajstić information content (AvgIpc) is 2.61. The Morgan fingerprint density at radius 1 is 0.880 bits per heavy atom. The van der Waals surface area contributed by atoms with Crippen molar-refractivity contribution >= 4 is 5.78 Å². The van der Waals surface area contributed by atoms with Crippen molar-refractivity contribution < 1.29 is 9.18 Å². The van der Waals surface area contributed by atoms with Gasteiger partial charge in [0.15, 0.2) is 5.78 Å². The number of Topliss-reactive ketones (excluding diaryl/α,β-unsaturated/α-hetero) is 1. The van der Waals surface area contributed by atoms with E-state index < -0.39 is 0 Å². The largest absolute Gasteiger partial charge is 0.305 e. The van der Waals surface area contributed by atoms with Gasteiger partial charge in [-0.05, 0) is 56.9 Å². The van der Waals surface area contributed by atoms with Gasteiger partial charge in [0.2, 0.25) is 0 Å². The van der Waals surface area contributed by atoms with Crippen LogP contribution in [0.2, 0.25) is 0 Å². The van der Waals surface area contributed by atoms with Crippen molar-refractivity contribution in [3.8, 4) is 0 Å². The van der Waals surface area contributed by atoms with E-state index in [9.17, 15) is 9.18 Å². The summed E-state index contributed by atoms with van der Waals surface area (Å²) in [6, 6.07) is 16.2. The van der Waals surface area contributed by atoms with Crippen molar-refractivity contribution in [1.29, 1.82) is 0 Å². The molecular weight excluding hydrogens is 315 g/mol. The predicted octanol–water partition coefficient (Wildman–Crippen LogP) is 3.85. The van der Waals surface area contributed by atoms with E-state index in [1.165, 1.54) is 17.7 Å². The second kappa shape index (κ2) is 10.1. The molecule has 2 rings (SSSR count). The summed E-state index contributed by atoms with van der Waals surface area (Å²) in [6.07, 6.45) is 1.31. The van der Waals surface area contributed by atoms with Crippen LogP contribution in [-0.4, -0.2) is 49.3 Å². The molecule has 2 aromatic rings. The van der Waals surface area contributed by atoms with Gasteiger partial charge in [-0.15, -0.1) is 0 Å². The molecule has 0 fully saturated rings. The maximum atomic E-state index is 12.9. The van der Waals surface area contributed by atoms with Crippen LogP contribution in [-0.2, 0) is 6.54 Å². The molecule has 0 saturated carbocycles.